The topological polar surface area (TPSA) is 138 Å². The van der Waals surface area contributed by atoms with Gasteiger partial charge in [-0.2, -0.15) is 9.78 Å². The highest BCUT2D eigenvalue weighted by Crippen LogP contribution is 2.49. The SMILES string of the molecule is CC(C)(C)OC(=O)n1ccc(C(=O)c2cncnc2N[C@@]23CC[C@H](CO)[C@H]2OC(C)(C)O3)n1. The Bertz CT molecular complexity index is 1060. The van der Waals surface area contributed by atoms with Crippen molar-refractivity contribution in [3.8, 4) is 0 Å². The normalized spacial score (nSPS) is 26.1. The second kappa shape index (κ2) is 8.15. The third-order valence-electron chi connectivity index (χ3n) is 5.54. The van der Waals surface area contributed by atoms with Crippen LogP contribution in [0.2, 0.25) is 0 Å². The molecule has 1 saturated carbocycles. The van der Waals surface area contributed by atoms with E-state index >= 15 is 0 Å². The van der Waals surface area contributed by atoms with E-state index in [1.165, 1.54) is 24.8 Å². The summed E-state index contributed by atoms with van der Waals surface area (Å²) < 4.78 is 18.5. The summed E-state index contributed by atoms with van der Waals surface area (Å²) in [5.41, 5.74) is -1.44. The smallest absolute Gasteiger partial charge is 0.435 e. The summed E-state index contributed by atoms with van der Waals surface area (Å²) in [6.07, 6.45) is 4.23. The largest absolute Gasteiger partial charge is 0.442 e. The first-order valence-electron chi connectivity index (χ1n) is 10.8. The van der Waals surface area contributed by atoms with Crippen LogP contribution in [0.15, 0.2) is 24.8 Å². The van der Waals surface area contributed by atoms with Crippen LogP contribution in [0.1, 0.15) is 63.5 Å². The van der Waals surface area contributed by atoms with Crippen molar-refractivity contribution in [3.05, 3.63) is 36.0 Å². The third-order valence-corrected chi connectivity index (χ3v) is 5.54. The van der Waals surface area contributed by atoms with Gasteiger partial charge in [0.2, 0.25) is 5.78 Å². The number of hydrogen-bond acceptors (Lipinski definition) is 10. The van der Waals surface area contributed by atoms with E-state index in [2.05, 4.69) is 20.4 Å². The zero-order valence-electron chi connectivity index (χ0n) is 19.4. The van der Waals surface area contributed by atoms with Gasteiger partial charge in [0, 0.05) is 24.9 Å². The first kappa shape index (κ1) is 23.3. The summed E-state index contributed by atoms with van der Waals surface area (Å²) in [6.45, 7) is 8.80. The molecule has 0 spiro atoms. The molecule has 4 rings (SSSR count). The average Bonchev–Trinajstić information content (AvgIpc) is 3.38. The van der Waals surface area contributed by atoms with E-state index in [1.807, 2.05) is 0 Å². The van der Waals surface area contributed by atoms with Gasteiger partial charge in [-0.3, -0.25) is 4.79 Å². The maximum atomic E-state index is 13.2. The molecule has 1 aliphatic carbocycles. The third kappa shape index (κ3) is 4.61. The van der Waals surface area contributed by atoms with Gasteiger partial charge in [-0.25, -0.2) is 14.8 Å². The Morgan fingerprint density at radius 3 is 2.82 bits per heavy atom. The first-order chi connectivity index (χ1) is 15.4. The molecule has 11 heteroatoms. The Labute approximate surface area is 191 Å². The summed E-state index contributed by atoms with van der Waals surface area (Å²) in [5.74, 6) is -1.19. The van der Waals surface area contributed by atoms with Crippen LogP contribution in [-0.4, -0.2) is 66.6 Å². The maximum Gasteiger partial charge on any atom is 0.435 e. The fourth-order valence-electron chi connectivity index (χ4n) is 4.28. The van der Waals surface area contributed by atoms with Crippen molar-refractivity contribution >= 4 is 17.7 Å². The molecule has 3 atom stereocenters. The number of carbonyl (C=O) groups excluding carboxylic acids is 2. The Morgan fingerprint density at radius 1 is 1.36 bits per heavy atom. The van der Waals surface area contributed by atoms with Crippen LogP contribution in [0.4, 0.5) is 10.6 Å². The number of aliphatic hydroxyl groups is 1. The van der Waals surface area contributed by atoms with Crippen molar-refractivity contribution in [2.75, 3.05) is 11.9 Å². The fraction of sp³-hybridized carbons (Fsp3) is 0.591. The van der Waals surface area contributed by atoms with Gasteiger partial charge in [0.1, 0.15) is 29.5 Å². The van der Waals surface area contributed by atoms with Crippen LogP contribution in [0.5, 0.6) is 0 Å². The predicted octanol–water partition coefficient (Wildman–Crippen LogP) is 2.35. The van der Waals surface area contributed by atoms with Crippen LogP contribution in [0.25, 0.3) is 0 Å². The minimum Gasteiger partial charge on any atom is -0.442 e. The molecule has 2 aliphatic rings. The zero-order chi connectivity index (χ0) is 24.0. The quantitative estimate of drug-likeness (QED) is 0.641. The second-order valence-corrected chi connectivity index (χ2v) is 9.78. The molecule has 2 aromatic heterocycles. The molecular weight excluding hydrogens is 430 g/mol. The lowest BCUT2D eigenvalue weighted by Gasteiger charge is -2.30. The monoisotopic (exact) mass is 459 g/mol. The highest BCUT2D eigenvalue weighted by Gasteiger charge is 2.60. The molecular formula is C22H29N5O6. The maximum absolute atomic E-state index is 13.2. The standard InChI is InChI=1S/C22H29N5O6/c1-20(2,3)32-19(30)27-9-7-15(26-27)16(29)14-10-23-12-24-18(14)25-22-8-6-13(11-28)17(22)31-21(4,5)33-22/h7,9-10,12-13,17,28H,6,8,11H2,1-5H3,(H,23,24,25)/t13-,17-,22-/m1/s1. The summed E-state index contributed by atoms with van der Waals surface area (Å²) in [4.78, 5) is 33.7. The number of ether oxygens (including phenoxy) is 3. The number of fused-ring (bicyclic) bond motifs is 1. The summed E-state index contributed by atoms with van der Waals surface area (Å²) >= 11 is 0. The molecule has 33 heavy (non-hydrogen) atoms. The molecule has 0 bridgehead atoms. The van der Waals surface area contributed by atoms with Gasteiger partial charge in [-0.05, 0) is 53.5 Å². The molecule has 0 unspecified atom stereocenters. The van der Waals surface area contributed by atoms with Crippen molar-refractivity contribution in [3.63, 3.8) is 0 Å². The second-order valence-electron chi connectivity index (χ2n) is 9.78. The molecule has 0 aromatic carbocycles. The van der Waals surface area contributed by atoms with Gasteiger partial charge >= 0.3 is 6.09 Å². The molecule has 1 saturated heterocycles. The zero-order valence-corrected chi connectivity index (χ0v) is 19.4. The Morgan fingerprint density at radius 2 is 2.12 bits per heavy atom. The number of ketones is 1. The number of nitrogens with one attached hydrogen (secondary N) is 1. The van der Waals surface area contributed by atoms with Gasteiger partial charge in [0.05, 0.1) is 5.56 Å². The highest BCUT2D eigenvalue weighted by molar-refractivity contribution is 6.10. The molecule has 0 radical (unpaired) electrons. The number of nitrogens with zero attached hydrogens (tertiary/aromatic N) is 4. The lowest BCUT2D eigenvalue weighted by Crippen LogP contribution is -2.46. The van der Waals surface area contributed by atoms with Crippen LogP contribution in [0, 0.1) is 5.92 Å². The van der Waals surface area contributed by atoms with Gasteiger partial charge in [-0.15, -0.1) is 0 Å². The molecule has 2 fully saturated rings. The van der Waals surface area contributed by atoms with Crippen LogP contribution < -0.4 is 5.32 Å². The van der Waals surface area contributed by atoms with E-state index in [4.69, 9.17) is 14.2 Å². The van der Waals surface area contributed by atoms with Gasteiger partial charge < -0.3 is 24.6 Å². The lowest BCUT2D eigenvalue weighted by molar-refractivity contribution is -0.168. The minimum absolute atomic E-state index is 0.0365. The molecule has 178 valence electrons. The average molecular weight is 460 g/mol. The summed E-state index contributed by atoms with van der Waals surface area (Å²) in [6, 6.07) is 1.43. The molecule has 3 heterocycles. The Hall–Kier alpha value is -2.89. The van der Waals surface area contributed by atoms with Gasteiger partial charge in [0.15, 0.2) is 11.5 Å². The van der Waals surface area contributed by atoms with Crippen LogP contribution in [-0.2, 0) is 14.2 Å². The van der Waals surface area contributed by atoms with E-state index < -0.39 is 35.1 Å². The first-order valence-corrected chi connectivity index (χ1v) is 10.8. The van der Waals surface area contributed by atoms with E-state index in [0.29, 0.717) is 12.8 Å². The van der Waals surface area contributed by atoms with Crippen LogP contribution in [0.3, 0.4) is 0 Å². The van der Waals surface area contributed by atoms with Crippen molar-refractivity contribution in [1.29, 1.82) is 0 Å². The van der Waals surface area contributed by atoms with E-state index in [0.717, 1.165) is 4.68 Å². The highest BCUT2D eigenvalue weighted by atomic mass is 16.8. The van der Waals surface area contributed by atoms with E-state index in [9.17, 15) is 14.7 Å². The van der Waals surface area contributed by atoms with Crippen molar-refractivity contribution in [2.45, 2.75) is 70.7 Å². The number of aromatic nitrogens is 4. The molecule has 11 nitrogen and oxygen atoms in total. The number of carbonyl (C=O) groups is 2. The number of anilines is 1. The summed E-state index contributed by atoms with van der Waals surface area (Å²) in [5, 5.41) is 17.1. The van der Waals surface area contributed by atoms with E-state index in [-0.39, 0.29) is 29.6 Å². The number of aliphatic hydroxyl groups excluding tert-OH is 1. The fourth-order valence-corrected chi connectivity index (χ4v) is 4.28. The summed E-state index contributed by atoms with van der Waals surface area (Å²) in [7, 11) is 0. The molecule has 2 N–H and O–H groups in total. The minimum atomic E-state index is -0.948. The molecule has 2 aromatic rings. The number of rotatable bonds is 5. The molecule has 1 aliphatic heterocycles. The molecule has 0 amide bonds. The lowest BCUT2D eigenvalue weighted by atomic mass is 10.0. The van der Waals surface area contributed by atoms with E-state index in [1.54, 1.807) is 34.6 Å². The Kier molecular flexibility index (Phi) is 5.75. The van der Waals surface area contributed by atoms with Crippen molar-refractivity contribution < 1.29 is 28.9 Å². The van der Waals surface area contributed by atoms with Gasteiger partial charge in [-0.1, -0.05) is 0 Å². The van der Waals surface area contributed by atoms with Gasteiger partial charge in [0.25, 0.3) is 0 Å². The van der Waals surface area contributed by atoms with Crippen molar-refractivity contribution in [2.24, 2.45) is 5.92 Å². The number of hydrogen-bond donors (Lipinski definition) is 2. The van der Waals surface area contributed by atoms with Crippen LogP contribution >= 0.6 is 0 Å². The predicted molar refractivity (Wildman–Crippen MR) is 116 cm³/mol. The Balaban J connectivity index is 1.60. The van der Waals surface area contributed by atoms with Crippen molar-refractivity contribution in [1.82, 2.24) is 19.7 Å².